The second-order valence-corrected chi connectivity index (χ2v) is 7.25. The van der Waals surface area contributed by atoms with Gasteiger partial charge < -0.3 is 14.7 Å². The molecule has 0 fully saturated rings. The van der Waals surface area contributed by atoms with Crippen molar-refractivity contribution in [2.75, 3.05) is 19.8 Å². The number of hydrogen-bond acceptors (Lipinski definition) is 5. The Bertz CT molecular complexity index is 533. The number of hydroxylamine groups is 1. The number of hydrogen-bond donors (Lipinski definition) is 2. The van der Waals surface area contributed by atoms with Crippen LogP contribution in [0.5, 0.6) is 5.75 Å². The Morgan fingerprint density at radius 3 is 2.36 bits per heavy atom. The van der Waals surface area contributed by atoms with Crippen LogP contribution in [0.2, 0.25) is 0 Å². The molecule has 0 bridgehead atoms. The van der Waals surface area contributed by atoms with Crippen molar-refractivity contribution in [3.63, 3.8) is 0 Å². The number of carbonyl (C=O) groups is 1. The lowest BCUT2D eigenvalue weighted by Crippen LogP contribution is -2.23. The van der Waals surface area contributed by atoms with Crippen LogP contribution in [-0.2, 0) is 11.3 Å². The van der Waals surface area contributed by atoms with Gasteiger partial charge in [0.25, 0.3) is 0 Å². The van der Waals surface area contributed by atoms with Crippen LogP contribution in [0.1, 0.15) is 94.0 Å². The van der Waals surface area contributed by atoms with Crippen LogP contribution in [0, 0.1) is 0 Å². The van der Waals surface area contributed by atoms with Crippen LogP contribution in [0.15, 0.2) is 18.2 Å². The molecule has 0 aliphatic heterocycles. The molecule has 0 heterocycles. The maximum Gasteiger partial charge on any atom is 0.357 e. The van der Waals surface area contributed by atoms with Crippen LogP contribution < -0.4 is 10.2 Å². The molecule has 160 valence electrons. The number of aliphatic hydroxyl groups excluding tert-OH is 1. The molecule has 0 unspecified atom stereocenters. The normalized spacial score (nSPS) is 10.8. The van der Waals surface area contributed by atoms with E-state index in [1.165, 1.54) is 38.5 Å². The van der Waals surface area contributed by atoms with Crippen molar-refractivity contribution in [1.82, 2.24) is 5.48 Å². The van der Waals surface area contributed by atoms with Crippen LogP contribution in [-0.4, -0.2) is 30.8 Å². The zero-order chi connectivity index (χ0) is 20.5. The minimum atomic E-state index is -0.418. The molecule has 0 spiro atoms. The van der Waals surface area contributed by atoms with Crippen molar-refractivity contribution in [3.8, 4) is 5.75 Å². The summed E-state index contributed by atoms with van der Waals surface area (Å²) in [4.78, 5) is 17.3. The standard InChI is InChI=1S/C23H39NO4/c1-3-5-7-8-9-10-12-18-27-21-14-15-22(23(26)28-24-16-17-25)20(19-21)13-11-6-4-2/h14-15,19,24-25H,3-13,16-18H2,1-2H3. The van der Waals surface area contributed by atoms with Gasteiger partial charge in [-0.15, -0.1) is 0 Å². The lowest BCUT2D eigenvalue weighted by molar-refractivity contribution is 0.0222. The third-order valence-electron chi connectivity index (χ3n) is 4.74. The highest BCUT2D eigenvalue weighted by Gasteiger charge is 2.14. The van der Waals surface area contributed by atoms with Crippen molar-refractivity contribution in [2.45, 2.75) is 84.5 Å². The summed E-state index contributed by atoms with van der Waals surface area (Å²) < 4.78 is 5.91. The van der Waals surface area contributed by atoms with Gasteiger partial charge in [0.2, 0.25) is 0 Å². The van der Waals surface area contributed by atoms with Crippen LogP contribution in [0.4, 0.5) is 0 Å². The van der Waals surface area contributed by atoms with Gasteiger partial charge in [0, 0.05) is 0 Å². The molecule has 0 aliphatic rings. The number of aryl methyl sites for hydroxylation is 1. The van der Waals surface area contributed by atoms with E-state index in [1.807, 2.05) is 12.1 Å². The van der Waals surface area contributed by atoms with Gasteiger partial charge in [-0.3, -0.25) is 0 Å². The molecule has 1 aromatic carbocycles. The second-order valence-electron chi connectivity index (χ2n) is 7.25. The molecule has 5 heteroatoms. The lowest BCUT2D eigenvalue weighted by Gasteiger charge is -2.13. The molecule has 28 heavy (non-hydrogen) atoms. The summed E-state index contributed by atoms with van der Waals surface area (Å²) in [6, 6.07) is 5.59. The van der Waals surface area contributed by atoms with Gasteiger partial charge in [-0.1, -0.05) is 65.2 Å². The highest BCUT2D eigenvalue weighted by atomic mass is 16.7. The quantitative estimate of drug-likeness (QED) is 0.281. The van der Waals surface area contributed by atoms with Gasteiger partial charge in [0.15, 0.2) is 0 Å². The molecule has 2 N–H and O–H groups in total. The minimum absolute atomic E-state index is 0.0813. The van der Waals surface area contributed by atoms with Crippen LogP contribution in [0.3, 0.4) is 0 Å². The molecule has 5 nitrogen and oxygen atoms in total. The first-order valence-corrected chi connectivity index (χ1v) is 11.0. The summed E-state index contributed by atoms with van der Waals surface area (Å²) in [5, 5.41) is 8.79. The molecule has 0 saturated heterocycles. The highest BCUT2D eigenvalue weighted by Crippen LogP contribution is 2.21. The number of aliphatic hydroxyl groups is 1. The van der Waals surface area contributed by atoms with E-state index < -0.39 is 5.97 Å². The maximum atomic E-state index is 12.3. The molecule has 1 aromatic rings. The summed E-state index contributed by atoms with van der Waals surface area (Å²) >= 11 is 0. The summed E-state index contributed by atoms with van der Waals surface area (Å²) in [5.74, 6) is 0.399. The predicted molar refractivity (Wildman–Crippen MR) is 114 cm³/mol. The minimum Gasteiger partial charge on any atom is -0.494 e. The Hall–Kier alpha value is -1.59. The van der Waals surface area contributed by atoms with Gasteiger partial charge in [-0.05, 0) is 43.0 Å². The predicted octanol–water partition coefficient (Wildman–Crippen LogP) is 5.20. The Kier molecular flexibility index (Phi) is 14.3. The summed E-state index contributed by atoms with van der Waals surface area (Å²) in [7, 11) is 0. The molecule has 0 aromatic heterocycles. The lowest BCUT2D eigenvalue weighted by atomic mass is 10.0. The fourth-order valence-corrected chi connectivity index (χ4v) is 3.10. The van der Waals surface area contributed by atoms with E-state index in [0.29, 0.717) is 12.2 Å². The third-order valence-corrected chi connectivity index (χ3v) is 4.74. The van der Waals surface area contributed by atoms with Gasteiger partial charge in [0.05, 0.1) is 25.3 Å². The molecule has 0 amide bonds. The van der Waals surface area contributed by atoms with E-state index >= 15 is 0 Å². The van der Waals surface area contributed by atoms with E-state index in [2.05, 4.69) is 19.3 Å². The van der Waals surface area contributed by atoms with E-state index in [1.54, 1.807) is 6.07 Å². The Morgan fingerprint density at radius 1 is 0.964 bits per heavy atom. The van der Waals surface area contributed by atoms with Crippen molar-refractivity contribution in [3.05, 3.63) is 29.3 Å². The number of carbonyl (C=O) groups excluding carboxylic acids is 1. The molecule has 0 atom stereocenters. The average molecular weight is 394 g/mol. The first-order chi connectivity index (χ1) is 13.7. The van der Waals surface area contributed by atoms with E-state index in [0.717, 1.165) is 43.4 Å². The van der Waals surface area contributed by atoms with E-state index in [-0.39, 0.29) is 13.2 Å². The number of benzene rings is 1. The zero-order valence-corrected chi connectivity index (χ0v) is 17.8. The Labute approximate surface area is 170 Å². The van der Waals surface area contributed by atoms with Crippen molar-refractivity contribution in [2.24, 2.45) is 0 Å². The van der Waals surface area contributed by atoms with E-state index in [9.17, 15) is 4.79 Å². The van der Waals surface area contributed by atoms with Gasteiger partial charge in [-0.25, -0.2) is 4.79 Å². The van der Waals surface area contributed by atoms with Crippen molar-refractivity contribution in [1.29, 1.82) is 0 Å². The molecule has 0 radical (unpaired) electrons. The number of rotatable bonds is 17. The molecule has 0 saturated carbocycles. The van der Waals surface area contributed by atoms with Crippen molar-refractivity contribution < 1.29 is 19.5 Å². The highest BCUT2D eigenvalue weighted by molar-refractivity contribution is 5.91. The SMILES string of the molecule is CCCCCCCCCOc1ccc(C(=O)ONCCO)c(CCCCC)c1. The molecule has 0 aliphatic carbocycles. The van der Waals surface area contributed by atoms with Crippen molar-refractivity contribution >= 4 is 5.97 Å². The molecule has 1 rings (SSSR count). The number of ether oxygens (including phenoxy) is 1. The fourth-order valence-electron chi connectivity index (χ4n) is 3.10. The topological polar surface area (TPSA) is 67.8 Å². The first-order valence-electron chi connectivity index (χ1n) is 11.0. The third kappa shape index (κ3) is 10.7. The first kappa shape index (κ1) is 24.4. The molecular formula is C23H39NO4. The van der Waals surface area contributed by atoms with Gasteiger partial charge in [-0.2, -0.15) is 5.48 Å². The van der Waals surface area contributed by atoms with Gasteiger partial charge >= 0.3 is 5.97 Å². The number of nitrogens with one attached hydrogen (secondary N) is 1. The average Bonchev–Trinajstić information content (AvgIpc) is 2.70. The maximum absolute atomic E-state index is 12.3. The summed E-state index contributed by atoms with van der Waals surface area (Å²) in [6.45, 7) is 5.25. The fraction of sp³-hybridized carbons (Fsp3) is 0.696. The monoisotopic (exact) mass is 393 g/mol. The largest absolute Gasteiger partial charge is 0.494 e. The van der Waals surface area contributed by atoms with Gasteiger partial charge in [0.1, 0.15) is 5.75 Å². The zero-order valence-electron chi connectivity index (χ0n) is 17.8. The van der Waals surface area contributed by atoms with Crippen LogP contribution >= 0.6 is 0 Å². The number of unbranched alkanes of at least 4 members (excludes halogenated alkanes) is 8. The Balaban J connectivity index is 2.52. The molecular weight excluding hydrogens is 354 g/mol. The van der Waals surface area contributed by atoms with Crippen LogP contribution in [0.25, 0.3) is 0 Å². The summed E-state index contributed by atoms with van der Waals surface area (Å²) in [6.07, 6.45) is 12.9. The second kappa shape index (κ2) is 16.4. The smallest absolute Gasteiger partial charge is 0.357 e. The van der Waals surface area contributed by atoms with E-state index in [4.69, 9.17) is 14.7 Å². The Morgan fingerprint density at radius 2 is 1.64 bits per heavy atom. The summed E-state index contributed by atoms with van der Waals surface area (Å²) in [5.41, 5.74) is 4.00.